The van der Waals surface area contributed by atoms with Gasteiger partial charge in [-0.2, -0.15) is 0 Å². The standard InChI is InChI=1S/C20H22N2O5/c1-24-16-10-13(11-17(25-2)20(16)26-3)12-21-18(23)8-9-19-22-14-6-4-5-7-15(14)27-19/h4-7,10-11H,8-9,12H2,1-3H3,(H,21,23). The highest BCUT2D eigenvalue weighted by molar-refractivity contribution is 5.76. The van der Waals surface area contributed by atoms with Gasteiger partial charge in [0.1, 0.15) is 5.52 Å². The van der Waals surface area contributed by atoms with Gasteiger partial charge in [-0.05, 0) is 29.8 Å². The third-order valence-electron chi connectivity index (χ3n) is 4.12. The van der Waals surface area contributed by atoms with Crippen molar-refractivity contribution >= 4 is 17.0 Å². The lowest BCUT2D eigenvalue weighted by molar-refractivity contribution is -0.121. The highest BCUT2D eigenvalue weighted by atomic mass is 16.5. The van der Waals surface area contributed by atoms with Crippen LogP contribution in [-0.2, 0) is 17.8 Å². The Morgan fingerprint density at radius 2 is 1.78 bits per heavy atom. The van der Waals surface area contributed by atoms with Crippen LogP contribution in [0.1, 0.15) is 17.9 Å². The van der Waals surface area contributed by atoms with Crippen molar-refractivity contribution in [3.05, 3.63) is 47.9 Å². The summed E-state index contributed by atoms with van der Waals surface area (Å²) in [7, 11) is 4.66. The van der Waals surface area contributed by atoms with Crippen molar-refractivity contribution in [3.8, 4) is 17.2 Å². The molecule has 1 N–H and O–H groups in total. The van der Waals surface area contributed by atoms with E-state index >= 15 is 0 Å². The number of ether oxygens (including phenoxy) is 3. The Morgan fingerprint density at radius 3 is 2.41 bits per heavy atom. The molecule has 3 aromatic rings. The van der Waals surface area contributed by atoms with Crippen LogP contribution < -0.4 is 19.5 Å². The first-order chi connectivity index (χ1) is 13.1. The molecule has 2 aromatic carbocycles. The second-order valence-corrected chi connectivity index (χ2v) is 5.89. The van der Waals surface area contributed by atoms with Crippen LogP contribution in [0.5, 0.6) is 17.2 Å². The van der Waals surface area contributed by atoms with Gasteiger partial charge in [0.15, 0.2) is 23.0 Å². The molecule has 0 spiro atoms. The largest absolute Gasteiger partial charge is 0.493 e. The molecule has 27 heavy (non-hydrogen) atoms. The molecule has 0 saturated heterocycles. The predicted molar refractivity (Wildman–Crippen MR) is 100 cm³/mol. The van der Waals surface area contributed by atoms with E-state index in [-0.39, 0.29) is 12.3 Å². The number of aromatic nitrogens is 1. The molecule has 0 aliphatic carbocycles. The lowest BCUT2D eigenvalue weighted by atomic mass is 10.1. The first kappa shape index (κ1) is 18.6. The Kier molecular flexibility index (Phi) is 5.80. The summed E-state index contributed by atoms with van der Waals surface area (Å²) in [5, 5.41) is 2.88. The predicted octanol–water partition coefficient (Wildman–Crippen LogP) is 3.10. The number of hydrogen-bond donors (Lipinski definition) is 1. The van der Waals surface area contributed by atoms with Crippen molar-refractivity contribution in [1.82, 2.24) is 10.3 Å². The molecule has 0 saturated carbocycles. The molecule has 0 radical (unpaired) electrons. The lowest BCUT2D eigenvalue weighted by Gasteiger charge is -2.14. The van der Waals surface area contributed by atoms with Gasteiger partial charge in [0, 0.05) is 19.4 Å². The summed E-state index contributed by atoms with van der Waals surface area (Å²) in [6.45, 7) is 0.350. The van der Waals surface area contributed by atoms with E-state index in [1.807, 2.05) is 36.4 Å². The van der Waals surface area contributed by atoms with Crippen LogP contribution in [0.2, 0.25) is 0 Å². The zero-order valence-corrected chi connectivity index (χ0v) is 15.6. The first-order valence-corrected chi connectivity index (χ1v) is 8.54. The van der Waals surface area contributed by atoms with Crippen molar-refractivity contribution in [1.29, 1.82) is 0 Å². The van der Waals surface area contributed by atoms with Crippen molar-refractivity contribution in [3.63, 3.8) is 0 Å². The molecule has 0 aliphatic rings. The van der Waals surface area contributed by atoms with Gasteiger partial charge in [0.05, 0.1) is 21.3 Å². The van der Waals surface area contributed by atoms with E-state index in [1.54, 1.807) is 21.3 Å². The Bertz CT molecular complexity index is 877. The maximum absolute atomic E-state index is 12.2. The van der Waals surface area contributed by atoms with Crippen LogP contribution in [0.25, 0.3) is 11.1 Å². The Balaban J connectivity index is 1.58. The van der Waals surface area contributed by atoms with Gasteiger partial charge in [-0.25, -0.2) is 4.98 Å². The second-order valence-electron chi connectivity index (χ2n) is 5.89. The molecule has 0 unspecified atom stereocenters. The summed E-state index contributed by atoms with van der Waals surface area (Å²) >= 11 is 0. The highest BCUT2D eigenvalue weighted by Gasteiger charge is 2.14. The lowest BCUT2D eigenvalue weighted by Crippen LogP contribution is -2.23. The van der Waals surface area contributed by atoms with Crippen molar-refractivity contribution < 1.29 is 23.4 Å². The number of nitrogens with zero attached hydrogens (tertiary/aromatic N) is 1. The number of oxazole rings is 1. The molecule has 3 rings (SSSR count). The normalized spacial score (nSPS) is 10.6. The number of para-hydroxylation sites is 2. The molecule has 0 fully saturated rings. The fourth-order valence-electron chi connectivity index (χ4n) is 2.77. The van der Waals surface area contributed by atoms with Gasteiger partial charge in [-0.3, -0.25) is 4.79 Å². The van der Waals surface area contributed by atoms with Gasteiger partial charge in [-0.15, -0.1) is 0 Å². The summed E-state index contributed by atoms with van der Waals surface area (Å²) in [6, 6.07) is 11.1. The third kappa shape index (κ3) is 4.31. The number of amides is 1. The zero-order valence-electron chi connectivity index (χ0n) is 15.6. The van der Waals surface area contributed by atoms with Crippen LogP contribution in [-0.4, -0.2) is 32.2 Å². The smallest absolute Gasteiger partial charge is 0.220 e. The summed E-state index contributed by atoms with van der Waals surface area (Å²) in [5.41, 5.74) is 2.37. The number of carbonyl (C=O) groups is 1. The Hall–Kier alpha value is -3.22. The summed E-state index contributed by atoms with van der Waals surface area (Å²) in [5.74, 6) is 2.08. The third-order valence-corrected chi connectivity index (χ3v) is 4.12. The van der Waals surface area contributed by atoms with Crippen molar-refractivity contribution in [2.75, 3.05) is 21.3 Å². The first-order valence-electron chi connectivity index (χ1n) is 8.54. The molecule has 1 amide bonds. The van der Waals surface area contributed by atoms with Gasteiger partial charge < -0.3 is 23.9 Å². The molecule has 1 heterocycles. The molecule has 7 nitrogen and oxygen atoms in total. The average Bonchev–Trinajstić information content (AvgIpc) is 3.12. The number of fused-ring (bicyclic) bond motifs is 1. The van der Waals surface area contributed by atoms with Crippen LogP contribution >= 0.6 is 0 Å². The van der Waals surface area contributed by atoms with Crippen molar-refractivity contribution in [2.45, 2.75) is 19.4 Å². The van der Waals surface area contributed by atoms with Gasteiger partial charge in [0.25, 0.3) is 0 Å². The average molecular weight is 370 g/mol. The number of aryl methyl sites for hydroxylation is 1. The van der Waals surface area contributed by atoms with Gasteiger partial charge in [-0.1, -0.05) is 12.1 Å². The molecule has 7 heteroatoms. The minimum atomic E-state index is -0.0917. The van der Waals surface area contributed by atoms with Crippen LogP contribution in [0.3, 0.4) is 0 Å². The second kappa shape index (κ2) is 8.44. The summed E-state index contributed by atoms with van der Waals surface area (Å²) in [6.07, 6.45) is 0.729. The van der Waals surface area contributed by atoms with E-state index in [9.17, 15) is 4.79 Å². The minimum absolute atomic E-state index is 0.0917. The maximum atomic E-state index is 12.2. The molecule has 142 valence electrons. The van der Waals surface area contributed by atoms with Gasteiger partial charge >= 0.3 is 0 Å². The monoisotopic (exact) mass is 370 g/mol. The van der Waals surface area contributed by atoms with E-state index in [0.717, 1.165) is 16.7 Å². The maximum Gasteiger partial charge on any atom is 0.220 e. The number of methoxy groups -OCH3 is 3. The summed E-state index contributed by atoms with van der Waals surface area (Å²) in [4.78, 5) is 16.5. The Morgan fingerprint density at radius 1 is 1.07 bits per heavy atom. The summed E-state index contributed by atoms with van der Waals surface area (Å²) < 4.78 is 21.6. The number of hydrogen-bond acceptors (Lipinski definition) is 6. The fraction of sp³-hybridized carbons (Fsp3) is 0.300. The number of carbonyl (C=O) groups excluding carboxylic acids is 1. The van der Waals surface area contributed by atoms with E-state index in [1.165, 1.54) is 0 Å². The van der Waals surface area contributed by atoms with E-state index < -0.39 is 0 Å². The van der Waals surface area contributed by atoms with Crippen LogP contribution in [0.4, 0.5) is 0 Å². The number of benzene rings is 2. The van der Waals surface area contributed by atoms with E-state index in [2.05, 4.69) is 10.3 Å². The molecule has 0 atom stereocenters. The number of nitrogens with one attached hydrogen (secondary N) is 1. The zero-order chi connectivity index (χ0) is 19.2. The SMILES string of the molecule is COc1cc(CNC(=O)CCc2nc3ccccc3o2)cc(OC)c1OC. The van der Waals surface area contributed by atoms with E-state index in [4.69, 9.17) is 18.6 Å². The fourth-order valence-corrected chi connectivity index (χ4v) is 2.77. The molecular formula is C20H22N2O5. The van der Waals surface area contributed by atoms with Gasteiger partial charge in [0.2, 0.25) is 11.7 Å². The van der Waals surface area contributed by atoms with Crippen LogP contribution in [0, 0.1) is 0 Å². The topological polar surface area (TPSA) is 82.8 Å². The number of rotatable bonds is 8. The molecule has 1 aromatic heterocycles. The molecule has 0 bridgehead atoms. The van der Waals surface area contributed by atoms with E-state index in [0.29, 0.717) is 36.1 Å². The van der Waals surface area contributed by atoms with Crippen molar-refractivity contribution in [2.24, 2.45) is 0 Å². The van der Waals surface area contributed by atoms with Crippen LogP contribution in [0.15, 0.2) is 40.8 Å². The molecule has 0 aliphatic heterocycles. The highest BCUT2D eigenvalue weighted by Crippen LogP contribution is 2.38. The minimum Gasteiger partial charge on any atom is -0.493 e. The molecular weight excluding hydrogens is 348 g/mol. The quantitative estimate of drug-likeness (QED) is 0.656. The Labute approximate surface area is 157 Å².